The van der Waals surface area contributed by atoms with Crippen LogP contribution in [0.5, 0.6) is 0 Å². The van der Waals surface area contributed by atoms with E-state index in [1.165, 1.54) is 29.5 Å². The summed E-state index contributed by atoms with van der Waals surface area (Å²) in [6, 6.07) is 5.52. The number of thioether (sulfide) groups is 1. The molecule has 0 unspecified atom stereocenters. The van der Waals surface area contributed by atoms with Gasteiger partial charge in [0.15, 0.2) is 5.17 Å². The van der Waals surface area contributed by atoms with Crippen LogP contribution in [0.1, 0.15) is 43.4 Å². The molecule has 4 rings (SSSR count). The van der Waals surface area contributed by atoms with Crippen molar-refractivity contribution in [2.24, 2.45) is 4.99 Å². The lowest BCUT2D eigenvalue weighted by Gasteiger charge is -2.30. The van der Waals surface area contributed by atoms with Crippen molar-refractivity contribution < 1.29 is 4.79 Å². The Morgan fingerprint density at radius 2 is 1.93 bits per heavy atom. The molecular weight excluding hydrogens is 433 g/mol. The molecule has 0 atom stereocenters. The summed E-state index contributed by atoms with van der Waals surface area (Å²) < 4.78 is 0. The molecule has 1 amide bonds. The van der Waals surface area contributed by atoms with E-state index in [0.717, 1.165) is 31.4 Å². The third kappa shape index (κ3) is 4.15. The first kappa shape index (κ1) is 20.0. The van der Waals surface area contributed by atoms with Gasteiger partial charge in [-0.1, -0.05) is 48.5 Å². The van der Waals surface area contributed by atoms with Crippen LogP contribution in [-0.4, -0.2) is 27.0 Å². The second-order valence-electron chi connectivity index (χ2n) is 6.88. The molecule has 146 valence electrons. The Kier molecular flexibility index (Phi) is 6.11. The molecule has 1 saturated heterocycles. The third-order valence-electron chi connectivity index (χ3n) is 4.85. The second-order valence-corrected chi connectivity index (χ2v) is 9.54. The topological polar surface area (TPSA) is 45.6 Å². The number of hydrogen-bond donors (Lipinski definition) is 0. The third-order valence-corrected chi connectivity index (χ3v) is 7.34. The highest BCUT2D eigenvalue weighted by atomic mass is 35.5. The molecule has 2 fully saturated rings. The van der Waals surface area contributed by atoms with Gasteiger partial charge in [0.1, 0.15) is 0 Å². The number of halogens is 2. The average Bonchev–Trinajstić information content (AvgIpc) is 3.22. The van der Waals surface area contributed by atoms with E-state index >= 15 is 0 Å². The molecular formula is C20H19Cl2N3OS2. The summed E-state index contributed by atoms with van der Waals surface area (Å²) >= 11 is 15.5. The minimum atomic E-state index is -0.0279. The van der Waals surface area contributed by atoms with Gasteiger partial charge in [-0.05, 0) is 49.7 Å². The van der Waals surface area contributed by atoms with Crippen molar-refractivity contribution in [3.63, 3.8) is 0 Å². The van der Waals surface area contributed by atoms with Gasteiger partial charge in [0.25, 0.3) is 5.91 Å². The van der Waals surface area contributed by atoms with Crippen LogP contribution in [0.4, 0.5) is 5.13 Å². The Hall–Kier alpha value is -1.34. The summed E-state index contributed by atoms with van der Waals surface area (Å²) in [7, 11) is 0. The summed E-state index contributed by atoms with van der Waals surface area (Å²) in [4.78, 5) is 24.9. The molecule has 1 aromatic carbocycles. The predicted octanol–water partition coefficient (Wildman–Crippen LogP) is 6.70. The normalized spacial score (nSPS) is 21.2. The van der Waals surface area contributed by atoms with E-state index in [9.17, 15) is 4.79 Å². The van der Waals surface area contributed by atoms with Gasteiger partial charge >= 0.3 is 0 Å². The lowest BCUT2D eigenvalue weighted by Crippen LogP contribution is -2.40. The zero-order chi connectivity index (χ0) is 19.7. The van der Waals surface area contributed by atoms with Crippen molar-refractivity contribution in [3.8, 4) is 0 Å². The molecule has 0 radical (unpaired) electrons. The highest BCUT2D eigenvalue weighted by Crippen LogP contribution is 2.40. The molecule has 4 nitrogen and oxygen atoms in total. The highest BCUT2D eigenvalue weighted by molar-refractivity contribution is 8.18. The van der Waals surface area contributed by atoms with Crippen LogP contribution in [0.25, 0.3) is 6.08 Å². The van der Waals surface area contributed by atoms with Crippen molar-refractivity contribution in [2.45, 2.75) is 45.1 Å². The van der Waals surface area contributed by atoms with Crippen molar-refractivity contribution in [2.75, 3.05) is 0 Å². The predicted molar refractivity (Wildman–Crippen MR) is 120 cm³/mol. The first-order chi connectivity index (χ1) is 13.5. The Balaban J connectivity index is 1.73. The molecule has 0 N–H and O–H groups in total. The lowest BCUT2D eigenvalue weighted by molar-refractivity contribution is -0.124. The van der Waals surface area contributed by atoms with Crippen molar-refractivity contribution in [1.82, 2.24) is 9.88 Å². The number of carbonyl (C=O) groups excluding carboxylic acids is 1. The number of nitrogens with zero attached hydrogens (tertiary/aromatic N) is 3. The maximum Gasteiger partial charge on any atom is 0.267 e. The minimum absolute atomic E-state index is 0.0279. The molecule has 0 spiro atoms. The van der Waals surface area contributed by atoms with E-state index in [4.69, 9.17) is 28.2 Å². The molecule has 0 bridgehead atoms. The van der Waals surface area contributed by atoms with Crippen LogP contribution < -0.4 is 0 Å². The van der Waals surface area contributed by atoms with Crippen molar-refractivity contribution in [3.05, 3.63) is 49.8 Å². The van der Waals surface area contributed by atoms with Crippen LogP contribution in [0.3, 0.4) is 0 Å². The van der Waals surface area contributed by atoms with Gasteiger partial charge in [-0.15, -0.1) is 11.3 Å². The molecule has 2 aromatic rings. The highest BCUT2D eigenvalue weighted by Gasteiger charge is 2.39. The maximum atomic E-state index is 13.3. The largest absolute Gasteiger partial charge is 0.283 e. The number of aliphatic imine (C=N–C) groups is 1. The van der Waals surface area contributed by atoms with Crippen molar-refractivity contribution in [1.29, 1.82) is 0 Å². The number of rotatable bonds is 3. The number of carbonyl (C=O) groups is 1. The second kappa shape index (κ2) is 8.57. The Labute approximate surface area is 182 Å². The molecule has 1 aromatic heterocycles. The average molecular weight is 452 g/mol. The van der Waals surface area contributed by atoms with Gasteiger partial charge < -0.3 is 0 Å². The van der Waals surface area contributed by atoms with Crippen LogP contribution in [0.15, 0.2) is 33.5 Å². The van der Waals surface area contributed by atoms with Gasteiger partial charge in [-0.3, -0.25) is 9.69 Å². The quantitative estimate of drug-likeness (QED) is 0.487. The summed E-state index contributed by atoms with van der Waals surface area (Å²) in [5.41, 5.74) is 1.60. The van der Waals surface area contributed by atoms with Gasteiger partial charge in [0.05, 0.1) is 10.6 Å². The molecule has 2 heterocycles. The SMILES string of the molecule is Cc1csc(/N=C2/S/C(=C\c3c(Cl)cccc3Cl)C(=O)N2C2CCCCC2)n1. The molecule has 1 aliphatic carbocycles. The zero-order valence-electron chi connectivity index (χ0n) is 15.3. The first-order valence-electron chi connectivity index (χ1n) is 9.21. The fourth-order valence-electron chi connectivity index (χ4n) is 3.48. The molecule has 1 saturated carbocycles. The van der Waals surface area contributed by atoms with Gasteiger partial charge in [0.2, 0.25) is 5.13 Å². The Morgan fingerprint density at radius 1 is 1.21 bits per heavy atom. The molecule has 8 heteroatoms. The van der Waals surface area contributed by atoms with Crippen LogP contribution >= 0.6 is 46.3 Å². The van der Waals surface area contributed by atoms with Crippen LogP contribution in [0.2, 0.25) is 10.0 Å². The number of aryl methyl sites for hydroxylation is 1. The first-order valence-corrected chi connectivity index (χ1v) is 11.7. The minimum Gasteiger partial charge on any atom is -0.283 e. The van der Waals surface area contributed by atoms with E-state index in [1.807, 2.05) is 17.2 Å². The summed E-state index contributed by atoms with van der Waals surface area (Å²) in [6.07, 6.45) is 7.28. The Morgan fingerprint density at radius 3 is 2.57 bits per heavy atom. The number of hydrogen-bond acceptors (Lipinski definition) is 5. The number of aromatic nitrogens is 1. The van der Waals surface area contributed by atoms with E-state index in [-0.39, 0.29) is 11.9 Å². The number of amidine groups is 1. The molecule has 1 aliphatic heterocycles. The van der Waals surface area contributed by atoms with E-state index < -0.39 is 0 Å². The fourth-order valence-corrected chi connectivity index (χ4v) is 5.73. The van der Waals surface area contributed by atoms with E-state index in [0.29, 0.717) is 30.8 Å². The monoisotopic (exact) mass is 451 g/mol. The molecule has 2 aliphatic rings. The van der Waals surface area contributed by atoms with Gasteiger partial charge in [-0.25, -0.2) is 4.98 Å². The lowest BCUT2D eigenvalue weighted by atomic mass is 9.94. The van der Waals surface area contributed by atoms with Crippen molar-refractivity contribution >= 4 is 68.6 Å². The Bertz CT molecular complexity index is 944. The van der Waals surface area contributed by atoms with E-state index in [2.05, 4.69) is 4.98 Å². The van der Waals surface area contributed by atoms with Crippen LogP contribution in [-0.2, 0) is 4.79 Å². The maximum absolute atomic E-state index is 13.3. The van der Waals surface area contributed by atoms with E-state index in [1.54, 1.807) is 24.3 Å². The zero-order valence-corrected chi connectivity index (χ0v) is 18.5. The number of amides is 1. The molecule has 28 heavy (non-hydrogen) atoms. The van der Waals surface area contributed by atoms with Gasteiger partial charge in [0, 0.05) is 27.0 Å². The smallest absolute Gasteiger partial charge is 0.267 e. The standard InChI is InChI=1S/C20H19Cl2N3OS2/c1-12-11-27-19(23-12)24-20-25(13-6-3-2-4-7-13)18(26)17(28-20)10-14-15(21)8-5-9-16(14)22/h5,8-11,13H,2-4,6-7H2,1H3/b17-10-,24-20+. The number of thiazole rings is 1. The van der Waals surface area contributed by atoms with Crippen LogP contribution in [0, 0.1) is 6.92 Å². The summed E-state index contributed by atoms with van der Waals surface area (Å²) in [6.45, 7) is 1.94. The number of benzene rings is 1. The summed E-state index contributed by atoms with van der Waals surface area (Å²) in [5, 5.41) is 4.38. The fraction of sp³-hybridized carbons (Fsp3) is 0.350. The summed E-state index contributed by atoms with van der Waals surface area (Å²) in [5.74, 6) is -0.0279. The van der Waals surface area contributed by atoms with Gasteiger partial charge in [-0.2, -0.15) is 4.99 Å².